The SMILES string of the molecule is O=C1NC(=S)NC(=O)C1Cc1ccc(-c2ccc(Cl)c(Cl)c2)o1. The molecule has 5 nitrogen and oxygen atoms in total. The second-order valence-electron chi connectivity index (χ2n) is 4.96. The molecule has 0 spiro atoms. The van der Waals surface area contributed by atoms with E-state index in [4.69, 9.17) is 39.8 Å². The van der Waals surface area contributed by atoms with Crippen molar-refractivity contribution in [2.75, 3.05) is 0 Å². The average Bonchev–Trinajstić information content (AvgIpc) is 2.94. The van der Waals surface area contributed by atoms with Gasteiger partial charge in [-0.1, -0.05) is 23.2 Å². The van der Waals surface area contributed by atoms with E-state index in [2.05, 4.69) is 10.6 Å². The molecule has 1 fully saturated rings. The molecular weight excluding hydrogens is 359 g/mol. The number of benzene rings is 1. The van der Waals surface area contributed by atoms with Gasteiger partial charge in [0.1, 0.15) is 17.4 Å². The van der Waals surface area contributed by atoms with Crippen LogP contribution in [-0.4, -0.2) is 16.9 Å². The van der Waals surface area contributed by atoms with Crippen LogP contribution in [0.25, 0.3) is 11.3 Å². The molecule has 1 aromatic carbocycles. The van der Waals surface area contributed by atoms with E-state index in [0.29, 0.717) is 21.6 Å². The van der Waals surface area contributed by atoms with E-state index >= 15 is 0 Å². The molecule has 0 aliphatic carbocycles. The van der Waals surface area contributed by atoms with Gasteiger partial charge in [-0.25, -0.2) is 0 Å². The van der Waals surface area contributed by atoms with Crippen molar-refractivity contribution in [3.63, 3.8) is 0 Å². The zero-order valence-electron chi connectivity index (χ0n) is 11.6. The highest BCUT2D eigenvalue weighted by Gasteiger charge is 2.33. The summed E-state index contributed by atoms with van der Waals surface area (Å²) >= 11 is 16.6. The monoisotopic (exact) mass is 368 g/mol. The predicted molar refractivity (Wildman–Crippen MR) is 90.2 cm³/mol. The van der Waals surface area contributed by atoms with E-state index in [1.165, 1.54) is 0 Å². The maximum atomic E-state index is 11.8. The first-order chi connectivity index (χ1) is 10.9. The lowest BCUT2D eigenvalue weighted by molar-refractivity contribution is -0.135. The Kier molecular flexibility index (Phi) is 4.39. The lowest BCUT2D eigenvalue weighted by Gasteiger charge is -2.21. The fourth-order valence-corrected chi connectivity index (χ4v) is 2.73. The smallest absolute Gasteiger partial charge is 0.239 e. The average molecular weight is 369 g/mol. The fraction of sp³-hybridized carbons (Fsp3) is 0.133. The molecule has 2 heterocycles. The maximum Gasteiger partial charge on any atom is 0.239 e. The number of rotatable bonds is 3. The van der Waals surface area contributed by atoms with E-state index < -0.39 is 17.7 Å². The summed E-state index contributed by atoms with van der Waals surface area (Å²) in [6, 6.07) is 8.59. The number of carbonyl (C=O) groups excluding carboxylic acids is 2. The lowest BCUT2D eigenvalue weighted by Crippen LogP contribution is -2.56. The predicted octanol–water partition coefficient (Wildman–Crippen LogP) is 2.94. The molecule has 23 heavy (non-hydrogen) atoms. The van der Waals surface area contributed by atoms with E-state index in [9.17, 15) is 9.59 Å². The first-order valence-electron chi connectivity index (χ1n) is 6.64. The minimum absolute atomic E-state index is 0.0205. The number of thiocarbonyl (C=S) groups is 1. The highest BCUT2D eigenvalue weighted by atomic mass is 35.5. The van der Waals surface area contributed by atoms with E-state index in [-0.39, 0.29) is 11.5 Å². The van der Waals surface area contributed by atoms with Crippen molar-refractivity contribution in [3.05, 3.63) is 46.1 Å². The van der Waals surface area contributed by atoms with Gasteiger partial charge >= 0.3 is 0 Å². The standard InChI is InChI=1S/C15H10Cl2N2O3S/c16-10-3-1-7(5-11(10)17)12-4-2-8(22-12)6-9-13(20)18-15(23)19-14(9)21/h1-5,9H,6H2,(H2,18,19,20,21,23). The van der Waals surface area contributed by atoms with Crippen LogP contribution in [0.3, 0.4) is 0 Å². The first kappa shape index (κ1) is 16.0. The zero-order valence-corrected chi connectivity index (χ0v) is 13.9. The highest BCUT2D eigenvalue weighted by molar-refractivity contribution is 7.80. The van der Waals surface area contributed by atoms with Gasteiger partial charge in [-0.15, -0.1) is 0 Å². The molecule has 1 aliphatic heterocycles. The van der Waals surface area contributed by atoms with Crippen LogP contribution in [0.4, 0.5) is 0 Å². The van der Waals surface area contributed by atoms with Crippen LogP contribution < -0.4 is 10.6 Å². The molecular formula is C15H10Cl2N2O3S. The van der Waals surface area contributed by atoms with Gasteiger partial charge in [0.2, 0.25) is 11.8 Å². The number of hydrogen-bond donors (Lipinski definition) is 2. The molecule has 0 radical (unpaired) electrons. The van der Waals surface area contributed by atoms with Gasteiger partial charge in [0.05, 0.1) is 10.0 Å². The third kappa shape index (κ3) is 3.39. The van der Waals surface area contributed by atoms with Crippen LogP contribution in [0.1, 0.15) is 5.76 Å². The summed E-state index contributed by atoms with van der Waals surface area (Å²) in [6.07, 6.45) is 0.140. The van der Waals surface area contributed by atoms with Crippen molar-refractivity contribution in [1.29, 1.82) is 0 Å². The van der Waals surface area contributed by atoms with E-state index in [1.807, 2.05) is 0 Å². The number of amides is 2. The summed E-state index contributed by atoms with van der Waals surface area (Å²) in [5.74, 6) is -0.674. The minimum Gasteiger partial charge on any atom is -0.461 e. The number of furan rings is 1. The molecule has 118 valence electrons. The van der Waals surface area contributed by atoms with Crippen LogP contribution in [0.15, 0.2) is 34.7 Å². The third-order valence-electron chi connectivity index (χ3n) is 3.38. The molecule has 8 heteroatoms. The Labute approximate surface area is 146 Å². The molecule has 1 saturated heterocycles. The van der Waals surface area contributed by atoms with E-state index in [0.717, 1.165) is 5.56 Å². The van der Waals surface area contributed by atoms with Crippen molar-refractivity contribution >= 4 is 52.3 Å². The molecule has 1 aromatic heterocycles. The number of halogens is 2. The lowest BCUT2D eigenvalue weighted by atomic mass is 10.0. The largest absolute Gasteiger partial charge is 0.461 e. The molecule has 0 bridgehead atoms. The van der Waals surface area contributed by atoms with Gasteiger partial charge in [0, 0.05) is 12.0 Å². The van der Waals surface area contributed by atoms with Crippen LogP contribution in [0.5, 0.6) is 0 Å². The van der Waals surface area contributed by atoms with Gasteiger partial charge in [-0.3, -0.25) is 9.59 Å². The van der Waals surface area contributed by atoms with Crippen LogP contribution in [0.2, 0.25) is 10.0 Å². The molecule has 1 aliphatic rings. The third-order valence-corrected chi connectivity index (χ3v) is 4.32. The minimum atomic E-state index is -0.880. The maximum absolute atomic E-state index is 11.8. The molecule has 2 N–H and O–H groups in total. The first-order valence-corrected chi connectivity index (χ1v) is 7.80. The number of nitrogens with one attached hydrogen (secondary N) is 2. The summed E-state index contributed by atoms with van der Waals surface area (Å²) in [7, 11) is 0. The quantitative estimate of drug-likeness (QED) is 0.645. The number of carbonyl (C=O) groups is 2. The van der Waals surface area contributed by atoms with Gasteiger partial charge in [0.25, 0.3) is 0 Å². The Morgan fingerprint density at radius 3 is 2.39 bits per heavy atom. The van der Waals surface area contributed by atoms with Crippen molar-refractivity contribution in [1.82, 2.24) is 10.6 Å². The topological polar surface area (TPSA) is 71.3 Å². The highest BCUT2D eigenvalue weighted by Crippen LogP contribution is 2.30. The molecule has 0 unspecified atom stereocenters. The molecule has 2 amide bonds. The Bertz CT molecular complexity index is 799. The molecule has 3 rings (SSSR count). The summed E-state index contributed by atoms with van der Waals surface area (Å²) in [6.45, 7) is 0. The summed E-state index contributed by atoms with van der Waals surface area (Å²) < 4.78 is 5.70. The molecule has 2 aromatic rings. The van der Waals surface area contributed by atoms with Gasteiger partial charge in [-0.2, -0.15) is 0 Å². The van der Waals surface area contributed by atoms with Gasteiger partial charge in [-0.05, 0) is 42.5 Å². The second-order valence-corrected chi connectivity index (χ2v) is 6.18. The van der Waals surface area contributed by atoms with Crippen molar-refractivity contribution in [2.45, 2.75) is 6.42 Å². The molecule has 0 atom stereocenters. The zero-order chi connectivity index (χ0) is 16.6. The van der Waals surface area contributed by atoms with Crippen molar-refractivity contribution in [2.24, 2.45) is 5.92 Å². The van der Waals surface area contributed by atoms with Gasteiger partial charge in [0.15, 0.2) is 5.11 Å². The summed E-state index contributed by atoms with van der Waals surface area (Å²) in [5, 5.41) is 5.73. The van der Waals surface area contributed by atoms with Gasteiger partial charge < -0.3 is 15.1 Å². The summed E-state index contributed by atoms with van der Waals surface area (Å²) in [4.78, 5) is 23.7. The van der Waals surface area contributed by atoms with Crippen molar-refractivity contribution in [3.8, 4) is 11.3 Å². The van der Waals surface area contributed by atoms with Crippen LogP contribution in [-0.2, 0) is 16.0 Å². The molecule has 0 saturated carbocycles. The van der Waals surface area contributed by atoms with Crippen LogP contribution in [0, 0.1) is 5.92 Å². The van der Waals surface area contributed by atoms with E-state index in [1.54, 1.807) is 30.3 Å². The normalized spacial score (nSPS) is 15.5. The summed E-state index contributed by atoms with van der Waals surface area (Å²) in [5.41, 5.74) is 0.754. The fourth-order valence-electron chi connectivity index (χ4n) is 2.23. The Morgan fingerprint density at radius 1 is 1.04 bits per heavy atom. The Balaban J connectivity index is 1.79. The van der Waals surface area contributed by atoms with Crippen molar-refractivity contribution < 1.29 is 14.0 Å². The Hall–Kier alpha value is -1.89. The Morgan fingerprint density at radius 2 is 1.74 bits per heavy atom. The number of hydrogen-bond acceptors (Lipinski definition) is 4. The second kappa shape index (κ2) is 6.31. The van der Waals surface area contributed by atoms with Crippen LogP contribution >= 0.6 is 35.4 Å².